The zero-order chi connectivity index (χ0) is 17.6. The van der Waals surface area contributed by atoms with E-state index in [4.69, 9.17) is 0 Å². The third kappa shape index (κ3) is 4.90. The van der Waals surface area contributed by atoms with Crippen molar-refractivity contribution in [3.05, 3.63) is 53.9 Å². The Bertz CT molecular complexity index is 678. The highest BCUT2D eigenvalue weighted by Gasteiger charge is 2.23. The molecule has 2 heterocycles. The molecule has 0 aliphatic carbocycles. The van der Waals surface area contributed by atoms with Crippen LogP contribution in [-0.2, 0) is 6.54 Å². The summed E-state index contributed by atoms with van der Waals surface area (Å²) in [5.74, 6) is 0.00951. The Balaban J connectivity index is 1.42. The second-order valence-corrected chi connectivity index (χ2v) is 6.75. The smallest absolute Gasteiger partial charge is 0.251 e. The molecule has 0 saturated carbocycles. The van der Waals surface area contributed by atoms with E-state index in [1.54, 1.807) is 10.9 Å². The first kappa shape index (κ1) is 17.6. The van der Waals surface area contributed by atoms with Gasteiger partial charge < -0.3 is 15.3 Å². The molecule has 6 nitrogen and oxygen atoms in total. The number of likely N-dealkylation sites (tertiary alicyclic amines) is 1. The van der Waals surface area contributed by atoms with Crippen LogP contribution in [0, 0.1) is 6.92 Å². The van der Waals surface area contributed by atoms with E-state index in [1.165, 1.54) is 0 Å². The molecule has 1 unspecified atom stereocenters. The summed E-state index contributed by atoms with van der Waals surface area (Å²) >= 11 is 0. The van der Waals surface area contributed by atoms with Crippen LogP contribution in [0.5, 0.6) is 0 Å². The minimum atomic E-state index is -0.432. The van der Waals surface area contributed by atoms with Gasteiger partial charge in [-0.1, -0.05) is 18.2 Å². The molecular formula is C19H26N4O2. The van der Waals surface area contributed by atoms with Crippen LogP contribution >= 0.6 is 0 Å². The lowest BCUT2D eigenvalue weighted by Crippen LogP contribution is -2.47. The summed E-state index contributed by atoms with van der Waals surface area (Å²) < 4.78 is 1.75. The molecule has 1 aromatic heterocycles. The first-order valence-electron chi connectivity index (χ1n) is 8.86. The van der Waals surface area contributed by atoms with E-state index in [0.29, 0.717) is 13.1 Å². The van der Waals surface area contributed by atoms with Crippen molar-refractivity contribution in [2.45, 2.75) is 38.5 Å². The van der Waals surface area contributed by atoms with Crippen molar-refractivity contribution >= 4 is 5.91 Å². The molecule has 1 fully saturated rings. The van der Waals surface area contributed by atoms with Crippen LogP contribution in [0.1, 0.15) is 28.8 Å². The summed E-state index contributed by atoms with van der Waals surface area (Å²) in [5.41, 5.74) is 1.75. The maximum atomic E-state index is 12.4. The van der Waals surface area contributed by atoms with E-state index < -0.39 is 6.10 Å². The summed E-state index contributed by atoms with van der Waals surface area (Å²) in [6.07, 6.45) is 4.96. The lowest BCUT2D eigenvalue weighted by atomic mass is 10.0. The van der Waals surface area contributed by atoms with Crippen molar-refractivity contribution in [2.75, 3.05) is 19.6 Å². The first-order valence-corrected chi connectivity index (χ1v) is 8.86. The Labute approximate surface area is 148 Å². The topological polar surface area (TPSA) is 70.4 Å². The average Bonchev–Trinajstić information content (AvgIpc) is 3.10. The summed E-state index contributed by atoms with van der Waals surface area (Å²) in [6.45, 7) is 4.87. The number of carbonyl (C=O) groups is 1. The molecule has 1 aliphatic rings. The Morgan fingerprint density at radius 1 is 1.28 bits per heavy atom. The lowest BCUT2D eigenvalue weighted by Gasteiger charge is -2.33. The van der Waals surface area contributed by atoms with Crippen molar-refractivity contribution in [2.24, 2.45) is 0 Å². The minimum absolute atomic E-state index is 0.00951. The van der Waals surface area contributed by atoms with Gasteiger partial charge in [-0.25, -0.2) is 0 Å². The van der Waals surface area contributed by atoms with E-state index in [1.807, 2.05) is 43.5 Å². The number of nitrogens with zero attached hydrogens (tertiary/aromatic N) is 3. The molecule has 1 amide bonds. The van der Waals surface area contributed by atoms with Gasteiger partial charge in [0.25, 0.3) is 5.91 Å². The van der Waals surface area contributed by atoms with Crippen molar-refractivity contribution in [1.82, 2.24) is 20.0 Å². The standard InChI is InChI=1S/C19H26N4O2/c1-15-5-2-3-6-18(15)19(25)21-16-7-11-22(12-8-16)13-17(24)14-23-10-4-9-20-23/h2-6,9-10,16-17,24H,7-8,11-14H2,1H3,(H,21,25). The summed E-state index contributed by atoms with van der Waals surface area (Å²) in [6, 6.07) is 9.72. The van der Waals surface area contributed by atoms with Gasteiger partial charge in [-0.05, 0) is 37.5 Å². The number of hydrogen-bond donors (Lipinski definition) is 2. The highest BCUT2D eigenvalue weighted by atomic mass is 16.3. The van der Waals surface area contributed by atoms with Gasteiger partial charge in [-0.2, -0.15) is 5.10 Å². The van der Waals surface area contributed by atoms with Gasteiger partial charge in [-0.3, -0.25) is 9.48 Å². The van der Waals surface area contributed by atoms with Gasteiger partial charge in [0.2, 0.25) is 0 Å². The number of nitrogens with one attached hydrogen (secondary N) is 1. The van der Waals surface area contributed by atoms with Crippen molar-refractivity contribution in [3.8, 4) is 0 Å². The van der Waals surface area contributed by atoms with E-state index >= 15 is 0 Å². The Hall–Kier alpha value is -2.18. The number of hydrogen-bond acceptors (Lipinski definition) is 4. The molecule has 0 bridgehead atoms. The predicted octanol–water partition coefficient (Wildman–Crippen LogP) is 1.45. The molecule has 134 valence electrons. The second-order valence-electron chi connectivity index (χ2n) is 6.75. The van der Waals surface area contributed by atoms with Crippen LogP contribution in [0.25, 0.3) is 0 Å². The molecule has 1 aliphatic heterocycles. The number of carbonyl (C=O) groups excluding carboxylic acids is 1. The number of rotatable bonds is 6. The largest absolute Gasteiger partial charge is 0.390 e. The molecule has 1 atom stereocenters. The number of aryl methyl sites for hydroxylation is 1. The first-order chi connectivity index (χ1) is 12.1. The number of aromatic nitrogens is 2. The number of benzene rings is 1. The van der Waals surface area contributed by atoms with Crippen LogP contribution in [0.3, 0.4) is 0 Å². The highest BCUT2D eigenvalue weighted by molar-refractivity contribution is 5.95. The van der Waals surface area contributed by atoms with Crippen LogP contribution in [0.2, 0.25) is 0 Å². The molecule has 1 aromatic carbocycles. The third-order valence-corrected chi connectivity index (χ3v) is 4.74. The second kappa shape index (κ2) is 8.27. The number of β-amino-alcohol motifs (C(OH)–C–C–N with tert-alkyl or cyclic N) is 1. The number of aliphatic hydroxyl groups is 1. The zero-order valence-electron chi connectivity index (χ0n) is 14.6. The molecule has 1 saturated heterocycles. The third-order valence-electron chi connectivity index (χ3n) is 4.74. The van der Waals surface area contributed by atoms with Crippen LogP contribution in [0.4, 0.5) is 0 Å². The monoisotopic (exact) mass is 342 g/mol. The summed E-state index contributed by atoms with van der Waals surface area (Å²) in [4.78, 5) is 14.7. The van der Waals surface area contributed by atoms with Crippen LogP contribution in [-0.4, -0.2) is 57.5 Å². The number of piperidine rings is 1. The predicted molar refractivity (Wildman–Crippen MR) is 96.3 cm³/mol. The Morgan fingerprint density at radius 3 is 2.72 bits per heavy atom. The molecule has 25 heavy (non-hydrogen) atoms. The maximum Gasteiger partial charge on any atom is 0.251 e. The van der Waals surface area contributed by atoms with Gasteiger partial charge in [0.05, 0.1) is 12.6 Å². The normalized spacial score (nSPS) is 17.4. The fraction of sp³-hybridized carbons (Fsp3) is 0.474. The van der Waals surface area contributed by atoms with Crippen molar-refractivity contribution < 1.29 is 9.90 Å². The maximum absolute atomic E-state index is 12.4. The van der Waals surface area contributed by atoms with Crippen molar-refractivity contribution in [3.63, 3.8) is 0 Å². The van der Waals surface area contributed by atoms with Gasteiger partial charge >= 0.3 is 0 Å². The van der Waals surface area contributed by atoms with Gasteiger partial charge in [0.1, 0.15) is 0 Å². The quantitative estimate of drug-likeness (QED) is 0.834. The van der Waals surface area contributed by atoms with Crippen LogP contribution in [0.15, 0.2) is 42.7 Å². The van der Waals surface area contributed by atoms with E-state index in [0.717, 1.165) is 37.1 Å². The Kier molecular flexibility index (Phi) is 5.83. The Morgan fingerprint density at radius 2 is 2.04 bits per heavy atom. The molecule has 6 heteroatoms. The highest BCUT2D eigenvalue weighted by Crippen LogP contribution is 2.13. The van der Waals surface area contributed by atoms with E-state index in [-0.39, 0.29) is 11.9 Å². The lowest BCUT2D eigenvalue weighted by molar-refractivity contribution is 0.0750. The molecule has 0 spiro atoms. The van der Waals surface area contributed by atoms with E-state index in [9.17, 15) is 9.90 Å². The molecule has 2 aromatic rings. The molecule has 0 radical (unpaired) electrons. The van der Waals surface area contributed by atoms with Gasteiger partial charge in [0.15, 0.2) is 0 Å². The fourth-order valence-corrected chi connectivity index (χ4v) is 3.33. The molecular weight excluding hydrogens is 316 g/mol. The average molecular weight is 342 g/mol. The number of amides is 1. The molecule has 3 rings (SSSR count). The minimum Gasteiger partial charge on any atom is -0.390 e. The summed E-state index contributed by atoms with van der Waals surface area (Å²) in [5, 5.41) is 17.5. The summed E-state index contributed by atoms with van der Waals surface area (Å²) in [7, 11) is 0. The molecule has 2 N–H and O–H groups in total. The van der Waals surface area contributed by atoms with Gasteiger partial charge in [0, 0.05) is 43.6 Å². The van der Waals surface area contributed by atoms with Crippen molar-refractivity contribution in [1.29, 1.82) is 0 Å². The van der Waals surface area contributed by atoms with Gasteiger partial charge in [-0.15, -0.1) is 0 Å². The SMILES string of the molecule is Cc1ccccc1C(=O)NC1CCN(CC(O)Cn2cccn2)CC1. The van der Waals surface area contributed by atoms with E-state index in [2.05, 4.69) is 15.3 Å². The zero-order valence-corrected chi connectivity index (χ0v) is 14.6. The van der Waals surface area contributed by atoms with Crippen LogP contribution < -0.4 is 5.32 Å². The fourth-order valence-electron chi connectivity index (χ4n) is 3.33. The number of aliphatic hydroxyl groups excluding tert-OH is 1.